The Labute approximate surface area is 71.1 Å². The minimum Gasteiger partial charge on any atom is -0.0985 e. The molecule has 0 amide bonds. The van der Waals surface area contributed by atoms with Gasteiger partial charge >= 0.3 is 0 Å². The first-order valence-corrected chi connectivity index (χ1v) is 2.61. The van der Waals surface area contributed by atoms with Crippen molar-refractivity contribution in [1.29, 1.82) is 0 Å². The van der Waals surface area contributed by atoms with Crippen LogP contribution in [0.15, 0.2) is 36.9 Å². The monoisotopic (exact) mass is 285 g/mol. The Morgan fingerprint density at radius 2 is 1.67 bits per heavy atom. The Bertz CT molecular complexity index is 167. The van der Waals surface area contributed by atoms with Crippen molar-refractivity contribution in [3.8, 4) is 0 Å². The molecular weight excluding hydrogens is 277 g/mol. The number of benzene rings is 1. The van der Waals surface area contributed by atoms with Gasteiger partial charge in [0.15, 0.2) is 0 Å². The predicted molar refractivity (Wildman–Crippen MR) is 36.5 cm³/mol. The summed E-state index contributed by atoms with van der Waals surface area (Å²) in [4.78, 5) is 0. The van der Waals surface area contributed by atoms with Gasteiger partial charge in [-0.05, 0) is 5.56 Å². The van der Waals surface area contributed by atoms with Gasteiger partial charge in [-0.15, -0.1) is 0 Å². The molecule has 0 bridgehead atoms. The molecule has 0 saturated heterocycles. The van der Waals surface area contributed by atoms with E-state index >= 15 is 0 Å². The molecule has 0 unspecified atom stereocenters. The smallest absolute Gasteiger partial charge is 0 e. The average Bonchev–Trinajstić information content (AvgIpc) is 1.90. The molecule has 0 atom stereocenters. The van der Waals surface area contributed by atoms with Crippen LogP contribution >= 0.6 is 0 Å². The van der Waals surface area contributed by atoms with Crippen LogP contribution in [-0.2, 0) is 22.4 Å². The summed E-state index contributed by atoms with van der Waals surface area (Å²) in [6, 6.07) is 10.0. The minimum absolute atomic E-state index is 0. The molecule has 0 aliphatic rings. The molecule has 9 heavy (non-hydrogen) atoms. The van der Waals surface area contributed by atoms with Crippen molar-refractivity contribution in [3.63, 3.8) is 0 Å². The Morgan fingerprint density at radius 3 is 2.00 bits per heavy atom. The Hall–Kier alpha value is -0.300. The van der Waals surface area contributed by atoms with Gasteiger partial charge in [-0.1, -0.05) is 43.0 Å². The van der Waals surface area contributed by atoms with Gasteiger partial charge in [0.1, 0.15) is 0 Å². The maximum atomic E-state index is 3.63. The zero-order chi connectivity index (χ0) is 5.82. The molecular formula is C8H8Ta. The van der Waals surface area contributed by atoms with E-state index in [0.717, 1.165) is 0 Å². The van der Waals surface area contributed by atoms with Crippen LogP contribution in [0.2, 0.25) is 0 Å². The molecule has 0 fully saturated rings. The van der Waals surface area contributed by atoms with Gasteiger partial charge < -0.3 is 0 Å². The van der Waals surface area contributed by atoms with Crippen LogP contribution in [0.4, 0.5) is 0 Å². The van der Waals surface area contributed by atoms with Gasteiger partial charge in [0.25, 0.3) is 0 Å². The predicted octanol–water partition coefficient (Wildman–Crippen LogP) is 2.33. The van der Waals surface area contributed by atoms with Crippen LogP contribution in [0.3, 0.4) is 0 Å². The maximum Gasteiger partial charge on any atom is 0 e. The third-order valence-electron chi connectivity index (χ3n) is 1.04. The van der Waals surface area contributed by atoms with E-state index in [1.165, 1.54) is 5.56 Å². The molecule has 1 heteroatoms. The summed E-state index contributed by atoms with van der Waals surface area (Å²) in [5, 5.41) is 0. The Kier molecular flexibility index (Phi) is 4.41. The zero-order valence-corrected chi connectivity index (χ0v) is 8.33. The van der Waals surface area contributed by atoms with Crippen molar-refractivity contribution in [1.82, 2.24) is 0 Å². The van der Waals surface area contributed by atoms with Gasteiger partial charge in [-0.2, -0.15) is 0 Å². The standard InChI is InChI=1S/C8H8.Ta/c1-2-8-6-4-3-5-7-8;/h2-7H,1H2;. The molecule has 0 aliphatic heterocycles. The fraction of sp³-hybridized carbons (Fsp3) is 0. The van der Waals surface area contributed by atoms with E-state index in [9.17, 15) is 0 Å². The quantitative estimate of drug-likeness (QED) is 0.743. The SMILES string of the molecule is C=Cc1ccccc1.[Ta]. The normalized spacial score (nSPS) is 7.56. The van der Waals surface area contributed by atoms with E-state index in [1.54, 1.807) is 0 Å². The summed E-state index contributed by atoms with van der Waals surface area (Å²) in [5.41, 5.74) is 1.17. The molecule has 0 nitrogen and oxygen atoms in total. The van der Waals surface area contributed by atoms with E-state index < -0.39 is 0 Å². The summed E-state index contributed by atoms with van der Waals surface area (Å²) in [7, 11) is 0. The van der Waals surface area contributed by atoms with Crippen LogP contribution in [0.25, 0.3) is 6.08 Å². The molecule has 0 spiro atoms. The zero-order valence-electron chi connectivity index (χ0n) is 5.12. The molecule has 1 aromatic carbocycles. The first-order valence-electron chi connectivity index (χ1n) is 2.61. The Balaban J connectivity index is 0.000000640. The molecule has 0 saturated carbocycles. The van der Waals surface area contributed by atoms with Crippen LogP contribution in [0.5, 0.6) is 0 Å². The Morgan fingerprint density at radius 1 is 1.11 bits per heavy atom. The van der Waals surface area contributed by atoms with Crippen LogP contribution in [0, 0.1) is 0 Å². The van der Waals surface area contributed by atoms with Crippen molar-refractivity contribution in [2.45, 2.75) is 0 Å². The second-order valence-electron chi connectivity index (χ2n) is 1.61. The summed E-state index contributed by atoms with van der Waals surface area (Å²) in [6.45, 7) is 3.63. The van der Waals surface area contributed by atoms with Crippen LogP contribution in [0.1, 0.15) is 5.56 Å². The molecule has 0 heterocycles. The van der Waals surface area contributed by atoms with Crippen molar-refractivity contribution in [2.75, 3.05) is 0 Å². The molecule has 1 rings (SSSR count). The summed E-state index contributed by atoms with van der Waals surface area (Å²) < 4.78 is 0. The topological polar surface area (TPSA) is 0 Å². The third kappa shape index (κ3) is 2.66. The number of hydrogen-bond acceptors (Lipinski definition) is 0. The summed E-state index contributed by atoms with van der Waals surface area (Å²) >= 11 is 0. The second-order valence-corrected chi connectivity index (χ2v) is 1.61. The molecule has 0 N–H and O–H groups in total. The second kappa shape index (κ2) is 4.57. The van der Waals surface area contributed by atoms with Crippen LogP contribution in [-0.4, -0.2) is 0 Å². The number of rotatable bonds is 1. The van der Waals surface area contributed by atoms with Crippen molar-refractivity contribution >= 4 is 6.08 Å². The summed E-state index contributed by atoms with van der Waals surface area (Å²) in [6.07, 6.45) is 1.83. The van der Waals surface area contributed by atoms with Gasteiger partial charge in [0.05, 0.1) is 0 Å². The van der Waals surface area contributed by atoms with Crippen molar-refractivity contribution in [3.05, 3.63) is 42.5 Å². The van der Waals surface area contributed by atoms with E-state index in [4.69, 9.17) is 0 Å². The largest absolute Gasteiger partial charge is 0.0985 e. The summed E-state index contributed by atoms with van der Waals surface area (Å²) in [5.74, 6) is 0. The van der Waals surface area contributed by atoms with Gasteiger partial charge in [0, 0.05) is 22.4 Å². The fourth-order valence-electron chi connectivity index (χ4n) is 0.589. The van der Waals surface area contributed by atoms with Gasteiger partial charge in [0.2, 0.25) is 0 Å². The van der Waals surface area contributed by atoms with Crippen LogP contribution < -0.4 is 0 Å². The van der Waals surface area contributed by atoms with Crippen molar-refractivity contribution < 1.29 is 22.4 Å². The number of hydrogen-bond donors (Lipinski definition) is 0. The molecule has 1 radical (unpaired) electrons. The third-order valence-corrected chi connectivity index (χ3v) is 1.04. The fourth-order valence-corrected chi connectivity index (χ4v) is 0.589. The van der Waals surface area contributed by atoms with Crippen molar-refractivity contribution in [2.24, 2.45) is 0 Å². The van der Waals surface area contributed by atoms with Gasteiger partial charge in [-0.25, -0.2) is 0 Å². The van der Waals surface area contributed by atoms with E-state index in [2.05, 4.69) is 6.58 Å². The average molecular weight is 285 g/mol. The minimum atomic E-state index is 0. The van der Waals surface area contributed by atoms with Gasteiger partial charge in [-0.3, -0.25) is 0 Å². The molecule has 1 aromatic rings. The molecule has 0 aliphatic carbocycles. The van der Waals surface area contributed by atoms with E-state index in [-0.39, 0.29) is 22.4 Å². The van der Waals surface area contributed by atoms with E-state index in [1.807, 2.05) is 36.4 Å². The molecule has 45 valence electrons. The van der Waals surface area contributed by atoms with E-state index in [0.29, 0.717) is 0 Å². The molecule has 0 aromatic heterocycles. The maximum absolute atomic E-state index is 3.63. The first-order chi connectivity index (χ1) is 3.93. The first kappa shape index (κ1) is 8.70.